The number of para-hydroxylation sites is 1. The van der Waals surface area contributed by atoms with E-state index < -0.39 is 5.97 Å². The zero-order valence-corrected chi connectivity index (χ0v) is 12.4. The Morgan fingerprint density at radius 3 is 2.77 bits per heavy atom. The zero-order valence-electron chi connectivity index (χ0n) is 12.4. The quantitative estimate of drug-likeness (QED) is 0.803. The van der Waals surface area contributed by atoms with Crippen LogP contribution in [0.25, 0.3) is 11.0 Å². The van der Waals surface area contributed by atoms with Crippen LogP contribution in [0.2, 0.25) is 0 Å². The fourth-order valence-electron chi connectivity index (χ4n) is 2.59. The van der Waals surface area contributed by atoms with E-state index in [-0.39, 0.29) is 5.56 Å². The molecular formula is C17H16N2O3. The molecule has 0 aliphatic rings. The van der Waals surface area contributed by atoms with Gasteiger partial charge in [-0.1, -0.05) is 18.2 Å². The molecule has 0 unspecified atom stereocenters. The summed E-state index contributed by atoms with van der Waals surface area (Å²) in [4.78, 5) is 15.5. The van der Waals surface area contributed by atoms with E-state index in [2.05, 4.69) is 9.55 Å². The molecule has 1 heterocycles. The number of imidazole rings is 1. The summed E-state index contributed by atoms with van der Waals surface area (Å²) in [5.74, 6) is 0.716. The second-order valence-corrected chi connectivity index (χ2v) is 5.07. The Bertz CT molecular complexity index is 852. The molecule has 0 aliphatic carbocycles. The van der Waals surface area contributed by atoms with Gasteiger partial charge >= 0.3 is 5.97 Å². The van der Waals surface area contributed by atoms with E-state index in [0.29, 0.717) is 12.1 Å². The molecule has 112 valence electrons. The van der Waals surface area contributed by atoms with Crippen molar-refractivity contribution in [2.24, 2.45) is 0 Å². The van der Waals surface area contributed by atoms with Crippen LogP contribution in [0.5, 0.6) is 5.75 Å². The van der Waals surface area contributed by atoms with Crippen molar-refractivity contribution in [2.75, 3.05) is 7.11 Å². The predicted molar refractivity (Wildman–Crippen MR) is 83.5 cm³/mol. The maximum atomic E-state index is 11.1. The first-order valence-electron chi connectivity index (χ1n) is 6.92. The molecule has 0 radical (unpaired) electrons. The van der Waals surface area contributed by atoms with Gasteiger partial charge in [0.05, 0.1) is 30.3 Å². The van der Waals surface area contributed by atoms with Gasteiger partial charge in [0.2, 0.25) is 0 Å². The van der Waals surface area contributed by atoms with E-state index in [1.54, 1.807) is 25.3 Å². The number of benzene rings is 2. The lowest BCUT2D eigenvalue weighted by atomic mass is 10.2. The van der Waals surface area contributed by atoms with Gasteiger partial charge in [-0.25, -0.2) is 9.78 Å². The molecule has 0 spiro atoms. The smallest absolute Gasteiger partial charge is 0.335 e. The van der Waals surface area contributed by atoms with Gasteiger partial charge < -0.3 is 14.4 Å². The summed E-state index contributed by atoms with van der Waals surface area (Å²) in [5.41, 5.74) is 2.89. The number of aromatic nitrogens is 2. The van der Waals surface area contributed by atoms with Crippen molar-refractivity contribution in [2.45, 2.75) is 13.5 Å². The van der Waals surface area contributed by atoms with Crippen LogP contribution in [0.3, 0.4) is 0 Å². The summed E-state index contributed by atoms with van der Waals surface area (Å²) in [5, 5.41) is 9.07. The minimum absolute atomic E-state index is 0.245. The van der Waals surface area contributed by atoms with Gasteiger partial charge in [-0.15, -0.1) is 0 Å². The minimum atomic E-state index is -0.946. The first kappa shape index (κ1) is 14.1. The highest BCUT2D eigenvalue weighted by molar-refractivity contribution is 5.92. The van der Waals surface area contributed by atoms with Gasteiger partial charge in [-0.05, 0) is 31.2 Å². The third-order valence-corrected chi connectivity index (χ3v) is 3.71. The third-order valence-electron chi connectivity index (χ3n) is 3.71. The molecule has 0 amide bonds. The molecule has 0 bridgehead atoms. The fraction of sp³-hybridized carbons (Fsp3) is 0.176. The monoisotopic (exact) mass is 296 g/mol. The lowest BCUT2D eigenvalue weighted by molar-refractivity contribution is 0.0697. The summed E-state index contributed by atoms with van der Waals surface area (Å²) < 4.78 is 7.44. The normalized spacial score (nSPS) is 10.8. The topological polar surface area (TPSA) is 64.4 Å². The van der Waals surface area contributed by atoms with Crippen LogP contribution in [-0.4, -0.2) is 27.7 Å². The molecule has 0 fully saturated rings. The average molecular weight is 296 g/mol. The number of ether oxygens (including phenoxy) is 1. The highest BCUT2D eigenvalue weighted by Gasteiger charge is 2.12. The molecule has 5 nitrogen and oxygen atoms in total. The van der Waals surface area contributed by atoms with Gasteiger partial charge in [-0.3, -0.25) is 0 Å². The molecular weight excluding hydrogens is 280 g/mol. The third kappa shape index (κ3) is 2.41. The molecule has 3 aromatic rings. The highest BCUT2D eigenvalue weighted by Crippen LogP contribution is 2.23. The van der Waals surface area contributed by atoms with Crippen molar-refractivity contribution >= 4 is 17.0 Å². The first-order valence-corrected chi connectivity index (χ1v) is 6.92. The number of hydrogen-bond donors (Lipinski definition) is 1. The Morgan fingerprint density at radius 2 is 2.05 bits per heavy atom. The Hall–Kier alpha value is -2.82. The van der Waals surface area contributed by atoms with Gasteiger partial charge in [0.25, 0.3) is 0 Å². The number of fused-ring (bicyclic) bond motifs is 1. The number of carbonyl (C=O) groups is 1. The van der Waals surface area contributed by atoms with Crippen molar-refractivity contribution in [1.29, 1.82) is 0 Å². The predicted octanol–water partition coefficient (Wildman–Crippen LogP) is 3.10. The number of rotatable bonds is 4. The molecule has 0 saturated heterocycles. The summed E-state index contributed by atoms with van der Waals surface area (Å²) in [7, 11) is 1.65. The van der Waals surface area contributed by atoms with Crippen molar-refractivity contribution in [3.05, 3.63) is 59.4 Å². The highest BCUT2D eigenvalue weighted by atomic mass is 16.5. The molecule has 0 saturated carbocycles. The Morgan fingerprint density at radius 1 is 1.27 bits per heavy atom. The van der Waals surface area contributed by atoms with Crippen LogP contribution in [0, 0.1) is 6.92 Å². The lowest BCUT2D eigenvalue weighted by Gasteiger charge is -2.11. The number of carboxylic acid groups (broad SMARTS) is 1. The molecule has 3 rings (SSSR count). The molecule has 22 heavy (non-hydrogen) atoms. The second kappa shape index (κ2) is 5.52. The summed E-state index contributed by atoms with van der Waals surface area (Å²) in [6.45, 7) is 2.54. The van der Waals surface area contributed by atoms with Crippen LogP contribution in [0.1, 0.15) is 21.7 Å². The Labute approximate surface area is 127 Å². The summed E-state index contributed by atoms with van der Waals surface area (Å²) >= 11 is 0. The Kier molecular flexibility index (Phi) is 3.55. The van der Waals surface area contributed by atoms with Crippen LogP contribution in [0.4, 0.5) is 0 Å². The fourth-order valence-corrected chi connectivity index (χ4v) is 2.59. The summed E-state index contributed by atoms with van der Waals surface area (Å²) in [6, 6.07) is 12.8. The van der Waals surface area contributed by atoms with E-state index in [4.69, 9.17) is 9.84 Å². The molecule has 1 aromatic heterocycles. The number of aryl methyl sites for hydroxylation is 1. The lowest BCUT2D eigenvalue weighted by Crippen LogP contribution is -2.04. The van der Waals surface area contributed by atoms with Gasteiger partial charge in [0.15, 0.2) is 0 Å². The van der Waals surface area contributed by atoms with Gasteiger partial charge in [-0.2, -0.15) is 0 Å². The molecule has 0 aliphatic heterocycles. The largest absolute Gasteiger partial charge is 0.496 e. The number of methoxy groups -OCH3 is 1. The van der Waals surface area contributed by atoms with Crippen molar-refractivity contribution < 1.29 is 14.6 Å². The van der Waals surface area contributed by atoms with Crippen molar-refractivity contribution in [3.8, 4) is 5.75 Å². The van der Waals surface area contributed by atoms with E-state index >= 15 is 0 Å². The minimum Gasteiger partial charge on any atom is -0.496 e. The maximum Gasteiger partial charge on any atom is 0.335 e. The SMILES string of the molecule is COc1ccccc1Cn1c(C)nc2cc(C(=O)O)ccc21. The van der Waals surface area contributed by atoms with Crippen LogP contribution >= 0.6 is 0 Å². The van der Waals surface area contributed by atoms with Crippen LogP contribution < -0.4 is 4.74 Å². The van der Waals surface area contributed by atoms with Gasteiger partial charge in [0, 0.05) is 5.56 Å². The van der Waals surface area contributed by atoms with Gasteiger partial charge in [0.1, 0.15) is 11.6 Å². The maximum absolute atomic E-state index is 11.1. The van der Waals surface area contributed by atoms with E-state index in [0.717, 1.165) is 22.7 Å². The molecule has 1 N–H and O–H groups in total. The van der Waals surface area contributed by atoms with E-state index in [1.165, 1.54) is 0 Å². The number of carboxylic acids is 1. The molecule has 5 heteroatoms. The van der Waals surface area contributed by atoms with Crippen LogP contribution in [-0.2, 0) is 6.54 Å². The standard InChI is InChI=1S/C17H16N2O3/c1-11-18-14-9-12(17(20)21)7-8-15(14)19(11)10-13-5-3-4-6-16(13)22-2/h3-9H,10H2,1-2H3,(H,20,21). The van der Waals surface area contributed by atoms with E-state index in [9.17, 15) is 4.79 Å². The summed E-state index contributed by atoms with van der Waals surface area (Å²) in [6.07, 6.45) is 0. The van der Waals surface area contributed by atoms with Crippen molar-refractivity contribution in [1.82, 2.24) is 9.55 Å². The molecule has 0 atom stereocenters. The number of nitrogens with zero attached hydrogens (tertiary/aromatic N) is 2. The number of hydrogen-bond acceptors (Lipinski definition) is 3. The molecule has 2 aromatic carbocycles. The zero-order chi connectivity index (χ0) is 15.7. The average Bonchev–Trinajstić information content (AvgIpc) is 2.83. The first-order chi connectivity index (χ1) is 10.6. The van der Waals surface area contributed by atoms with Crippen LogP contribution in [0.15, 0.2) is 42.5 Å². The van der Waals surface area contributed by atoms with E-state index in [1.807, 2.05) is 31.2 Å². The number of aromatic carboxylic acids is 1. The Balaban J connectivity index is 2.07. The second-order valence-electron chi connectivity index (χ2n) is 5.07. The van der Waals surface area contributed by atoms with Crippen molar-refractivity contribution in [3.63, 3.8) is 0 Å².